The summed E-state index contributed by atoms with van der Waals surface area (Å²) in [5.41, 5.74) is 8.31. The number of rotatable bonds is 0. The zero-order chi connectivity index (χ0) is 9.42. The summed E-state index contributed by atoms with van der Waals surface area (Å²) in [6, 6.07) is 5.93. The molecule has 1 heterocycles. The van der Waals surface area contributed by atoms with E-state index in [-0.39, 0.29) is 6.04 Å². The molecule has 0 aromatic heterocycles. The van der Waals surface area contributed by atoms with Gasteiger partial charge in [-0.1, -0.05) is 18.5 Å². The number of benzene rings is 1. The van der Waals surface area contributed by atoms with Gasteiger partial charge < -0.3 is 11.1 Å². The lowest BCUT2D eigenvalue weighted by molar-refractivity contribution is 0.479. The van der Waals surface area contributed by atoms with Gasteiger partial charge in [-0.05, 0) is 29.7 Å². The fraction of sp³-hybridized carbons (Fsp3) is 0.400. The van der Waals surface area contributed by atoms with Crippen LogP contribution in [0.3, 0.4) is 0 Å². The van der Waals surface area contributed by atoms with Crippen LogP contribution in [0.25, 0.3) is 0 Å². The Bertz CT molecular complexity index is 325. The molecule has 3 heteroatoms. The van der Waals surface area contributed by atoms with Crippen molar-refractivity contribution in [1.82, 2.24) is 0 Å². The molecule has 2 rings (SSSR count). The van der Waals surface area contributed by atoms with E-state index in [1.807, 2.05) is 18.2 Å². The van der Waals surface area contributed by atoms with Crippen LogP contribution in [-0.4, -0.2) is 6.54 Å². The van der Waals surface area contributed by atoms with E-state index >= 15 is 0 Å². The van der Waals surface area contributed by atoms with Gasteiger partial charge in [0.1, 0.15) is 0 Å². The molecule has 2 unspecified atom stereocenters. The Kier molecular flexibility index (Phi) is 2.18. The van der Waals surface area contributed by atoms with Crippen molar-refractivity contribution in [1.29, 1.82) is 0 Å². The van der Waals surface area contributed by atoms with Gasteiger partial charge in [-0.25, -0.2) is 0 Å². The number of hydrogen-bond acceptors (Lipinski definition) is 2. The van der Waals surface area contributed by atoms with E-state index in [1.165, 1.54) is 0 Å². The summed E-state index contributed by atoms with van der Waals surface area (Å²) in [6.07, 6.45) is 0. The van der Waals surface area contributed by atoms with E-state index in [2.05, 4.69) is 12.2 Å². The van der Waals surface area contributed by atoms with E-state index in [9.17, 15) is 0 Å². The highest BCUT2D eigenvalue weighted by molar-refractivity contribution is 6.30. The first kappa shape index (κ1) is 8.85. The molecule has 1 aromatic carbocycles. The molecule has 0 spiro atoms. The van der Waals surface area contributed by atoms with E-state index in [0.29, 0.717) is 5.92 Å². The number of nitrogens with one attached hydrogen (secondary N) is 1. The Morgan fingerprint density at radius 2 is 2.31 bits per heavy atom. The Hall–Kier alpha value is -0.730. The lowest BCUT2D eigenvalue weighted by atomic mass is 9.90. The monoisotopic (exact) mass is 196 g/mol. The summed E-state index contributed by atoms with van der Waals surface area (Å²) < 4.78 is 0. The molecule has 3 N–H and O–H groups in total. The van der Waals surface area contributed by atoms with Crippen LogP contribution < -0.4 is 11.1 Å². The standard InChI is InChI=1S/C10H13ClN2/c1-6-5-13-9-3-2-7(11)4-8(9)10(6)12/h2-4,6,10,13H,5,12H2,1H3. The average molecular weight is 197 g/mol. The van der Waals surface area contributed by atoms with Gasteiger partial charge in [0, 0.05) is 23.3 Å². The van der Waals surface area contributed by atoms with Gasteiger partial charge in [0.25, 0.3) is 0 Å². The molecule has 0 fully saturated rings. The van der Waals surface area contributed by atoms with Crippen LogP contribution >= 0.6 is 11.6 Å². The number of nitrogens with two attached hydrogens (primary N) is 1. The summed E-state index contributed by atoms with van der Waals surface area (Å²) >= 11 is 5.91. The van der Waals surface area contributed by atoms with Crippen LogP contribution in [0.5, 0.6) is 0 Å². The Morgan fingerprint density at radius 3 is 3.08 bits per heavy atom. The minimum atomic E-state index is 0.106. The zero-order valence-corrected chi connectivity index (χ0v) is 8.31. The quantitative estimate of drug-likeness (QED) is 0.669. The van der Waals surface area contributed by atoms with Crippen molar-refractivity contribution in [3.8, 4) is 0 Å². The van der Waals surface area contributed by atoms with Crippen LogP contribution in [0.4, 0.5) is 5.69 Å². The third-order valence-electron chi connectivity index (χ3n) is 2.60. The number of halogens is 1. The fourth-order valence-electron chi connectivity index (χ4n) is 1.67. The van der Waals surface area contributed by atoms with Crippen molar-refractivity contribution in [3.63, 3.8) is 0 Å². The van der Waals surface area contributed by atoms with Crippen molar-refractivity contribution in [3.05, 3.63) is 28.8 Å². The van der Waals surface area contributed by atoms with Crippen molar-refractivity contribution in [2.45, 2.75) is 13.0 Å². The SMILES string of the molecule is CC1CNc2ccc(Cl)cc2C1N. The maximum absolute atomic E-state index is 6.06. The maximum atomic E-state index is 6.06. The van der Waals surface area contributed by atoms with Gasteiger partial charge in [0.2, 0.25) is 0 Å². The number of anilines is 1. The van der Waals surface area contributed by atoms with Gasteiger partial charge >= 0.3 is 0 Å². The minimum Gasteiger partial charge on any atom is -0.384 e. The molecular weight excluding hydrogens is 184 g/mol. The Morgan fingerprint density at radius 1 is 1.54 bits per heavy atom. The van der Waals surface area contributed by atoms with Crippen LogP contribution in [-0.2, 0) is 0 Å². The van der Waals surface area contributed by atoms with E-state index < -0.39 is 0 Å². The minimum absolute atomic E-state index is 0.106. The van der Waals surface area contributed by atoms with Crippen LogP contribution in [0, 0.1) is 5.92 Å². The summed E-state index contributed by atoms with van der Waals surface area (Å²) in [5.74, 6) is 0.464. The highest BCUT2D eigenvalue weighted by Gasteiger charge is 2.22. The first-order chi connectivity index (χ1) is 6.18. The van der Waals surface area contributed by atoms with E-state index in [1.54, 1.807) is 0 Å². The normalized spacial score (nSPS) is 26.4. The molecule has 2 atom stereocenters. The largest absolute Gasteiger partial charge is 0.384 e. The van der Waals surface area contributed by atoms with Gasteiger partial charge in [-0.3, -0.25) is 0 Å². The Balaban J connectivity index is 2.45. The second-order valence-corrected chi connectivity index (χ2v) is 4.05. The predicted octanol–water partition coefficient (Wildman–Crippen LogP) is 2.40. The van der Waals surface area contributed by atoms with Crippen LogP contribution in [0.2, 0.25) is 5.02 Å². The first-order valence-electron chi connectivity index (χ1n) is 4.47. The zero-order valence-electron chi connectivity index (χ0n) is 7.55. The lowest BCUT2D eigenvalue weighted by Crippen LogP contribution is -2.30. The van der Waals surface area contributed by atoms with Crippen LogP contribution in [0.1, 0.15) is 18.5 Å². The molecule has 1 aliphatic rings. The lowest BCUT2D eigenvalue weighted by Gasteiger charge is -2.29. The highest BCUT2D eigenvalue weighted by Crippen LogP contribution is 2.33. The van der Waals surface area contributed by atoms with Crippen LogP contribution in [0.15, 0.2) is 18.2 Å². The van der Waals surface area contributed by atoms with Gasteiger partial charge in [0.05, 0.1) is 0 Å². The number of fused-ring (bicyclic) bond motifs is 1. The summed E-state index contributed by atoms with van der Waals surface area (Å²) in [5, 5.41) is 4.09. The first-order valence-corrected chi connectivity index (χ1v) is 4.85. The molecule has 0 amide bonds. The van der Waals surface area contributed by atoms with E-state index in [4.69, 9.17) is 17.3 Å². The molecule has 0 saturated carbocycles. The van der Waals surface area contributed by atoms with Crippen molar-refractivity contribution in [2.75, 3.05) is 11.9 Å². The fourth-order valence-corrected chi connectivity index (χ4v) is 1.86. The average Bonchev–Trinajstić information content (AvgIpc) is 2.12. The summed E-state index contributed by atoms with van der Waals surface area (Å²) in [6.45, 7) is 3.08. The van der Waals surface area contributed by atoms with Crippen molar-refractivity contribution in [2.24, 2.45) is 11.7 Å². The predicted molar refractivity (Wildman–Crippen MR) is 56.0 cm³/mol. The molecule has 0 bridgehead atoms. The molecular formula is C10H13ClN2. The third-order valence-corrected chi connectivity index (χ3v) is 2.84. The summed E-state index contributed by atoms with van der Waals surface area (Å²) in [7, 11) is 0. The van der Waals surface area contributed by atoms with E-state index in [0.717, 1.165) is 22.8 Å². The molecule has 0 saturated heterocycles. The van der Waals surface area contributed by atoms with Gasteiger partial charge in [-0.15, -0.1) is 0 Å². The molecule has 2 nitrogen and oxygen atoms in total. The molecule has 13 heavy (non-hydrogen) atoms. The molecule has 70 valence electrons. The summed E-state index contributed by atoms with van der Waals surface area (Å²) in [4.78, 5) is 0. The van der Waals surface area contributed by atoms with Gasteiger partial charge in [-0.2, -0.15) is 0 Å². The second-order valence-electron chi connectivity index (χ2n) is 3.62. The second kappa shape index (κ2) is 3.20. The van der Waals surface area contributed by atoms with Crippen molar-refractivity contribution < 1.29 is 0 Å². The van der Waals surface area contributed by atoms with Crippen molar-refractivity contribution >= 4 is 17.3 Å². The van der Waals surface area contributed by atoms with Gasteiger partial charge in [0.15, 0.2) is 0 Å². The number of hydrogen-bond donors (Lipinski definition) is 2. The highest BCUT2D eigenvalue weighted by atomic mass is 35.5. The molecule has 0 aliphatic carbocycles. The topological polar surface area (TPSA) is 38.0 Å². The molecule has 1 aliphatic heterocycles. The Labute approximate surface area is 83.1 Å². The third kappa shape index (κ3) is 1.52. The maximum Gasteiger partial charge on any atom is 0.0410 e. The smallest absolute Gasteiger partial charge is 0.0410 e. The molecule has 1 aromatic rings. The molecule has 0 radical (unpaired) electrons.